The largest absolute Gasteiger partial charge is 0.494 e. The molecular formula is C16H20N2O3S. The number of aromatic nitrogens is 1. The van der Waals surface area contributed by atoms with Gasteiger partial charge in [0.05, 0.1) is 18.5 Å². The standard InChI is InChI=1S/C16H20N2O3S/c1-4-21-13-7-5-12(6-8-13)17-9-14-15(19)18(10-11(2)3)16(20)22-14/h5-9,11,19H,4,10H2,1-3H3. The van der Waals surface area contributed by atoms with E-state index in [9.17, 15) is 9.90 Å². The summed E-state index contributed by atoms with van der Waals surface area (Å²) < 4.78 is 6.75. The fraction of sp³-hybridized carbons (Fsp3) is 0.375. The SMILES string of the molecule is CCOc1ccc(N=Cc2sc(=O)n(CC(C)C)c2O)cc1. The maximum atomic E-state index is 11.9. The number of thiazole rings is 1. The second-order valence-corrected chi connectivity index (χ2v) is 6.24. The topological polar surface area (TPSA) is 63.8 Å². The van der Waals surface area contributed by atoms with E-state index in [1.165, 1.54) is 10.8 Å². The first-order chi connectivity index (χ1) is 10.5. The van der Waals surface area contributed by atoms with Gasteiger partial charge in [-0.25, -0.2) is 0 Å². The molecule has 1 N–H and O–H groups in total. The number of aromatic hydroxyl groups is 1. The number of rotatable bonds is 6. The minimum absolute atomic E-state index is 0.0154. The summed E-state index contributed by atoms with van der Waals surface area (Å²) in [5, 5.41) is 10.1. The highest BCUT2D eigenvalue weighted by Crippen LogP contribution is 2.22. The number of benzene rings is 1. The first-order valence-electron chi connectivity index (χ1n) is 7.20. The Labute approximate surface area is 133 Å². The Balaban J connectivity index is 2.18. The van der Waals surface area contributed by atoms with E-state index in [4.69, 9.17) is 4.74 Å². The zero-order chi connectivity index (χ0) is 16.1. The zero-order valence-electron chi connectivity index (χ0n) is 12.9. The summed E-state index contributed by atoms with van der Waals surface area (Å²) in [5.41, 5.74) is 0.735. The van der Waals surface area contributed by atoms with Crippen molar-refractivity contribution < 1.29 is 9.84 Å². The molecule has 0 aliphatic carbocycles. The molecule has 0 aliphatic rings. The molecule has 1 aromatic carbocycles. The molecule has 0 aliphatic heterocycles. The fourth-order valence-electron chi connectivity index (χ4n) is 1.95. The van der Waals surface area contributed by atoms with E-state index in [1.807, 2.05) is 45.0 Å². The summed E-state index contributed by atoms with van der Waals surface area (Å²) in [6, 6.07) is 7.32. The molecule has 0 atom stereocenters. The monoisotopic (exact) mass is 320 g/mol. The van der Waals surface area contributed by atoms with E-state index in [0.29, 0.717) is 18.0 Å². The molecule has 0 saturated carbocycles. The van der Waals surface area contributed by atoms with Crippen LogP contribution in [0.25, 0.3) is 0 Å². The Kier molecular flexibility index (Phi) is 5.38. The molecule has 2 rings (SSSR count). The Bertz CT molecular complexity index is 699. The molecule has 0 radical (unpaired) electrons. The number of hydrogen-bond acceptors (Lipinski definition) is 5. The van der Waals surface area contributed by atoms with Crippen molar-refractivity contribution in [3.63, 3.8) is 0 Å². The van der Waals surface area contributed by atoms with Crippen LogP contribution in [0.2, 0.25) is 0 Å². The van der Waals surface area contributed by atoms with Crippen LogP contribution in [0.3, 0.4) is 0 Å². The van der Waals surface area contributed by atoms with E-state index in [0.717, 1.165) is 22.8 Å². The van der Waals surface area contributed by atoms with Crippen LogP contribution in [0.4, 0.5) is 5.69 Å². The van der Waals surface area contributed by atoms with E-state index in [2.05, 4.69) is 4.99 Å². The third-order valence-electron chi connectivity index (χ3n) is 2.92. The maximum Gasteiger partial charge on any atom is 0.310 e. The number of ether oxygens (including phenoxy) is 1. The van der Waals surface area contributed by atoms with Crippen LogP contribution in [0, 0.1) is 5.92 Å². The van der Waals surface area contributed by atoms with Gasteiger partial charge in [-0.3, -0.25) is 14.4 Å². The maximum absolute atomic E-state index is 11.9. The van der Waals surface area contributed by atoms with Gasteiger partial charge < -0.3 is 9.84 Å². The van der Waals surface area contributed by atoms with Gasteiger partial charge in [0, 0.05) is 6.54 Å². The van der Waals surface area contributed by atoms with Gasteiger partial charge in [0.25, 0.3) is 0 Å². The lowest BCUT2D eigenvalue weighted by atomic mass is 10.2. The summed E-state index contributed by atoms with van der Waals surface area (Å²) in [6.07, 6.45) is 1.52. The van der Waals surface area contributed by atoms with E-state index in [1.54, 1.807) is 0 Å². The Morgan fingerprint density at radius 1 is 1.36 bits per heavy atom. The second-order valence-electron chi connectivity index (χ2n) is 5.25. The van der Waals surface area contributed by atoms with Crippen LogP contribution in [-0.2, 0) is 6.54 Å². The molecule has 5 nitrogen and oxygen atoms in total. The predicted molar refractivity (Wildman–Crippen MR) is 89.9 cm³/mol. The lowest BCUT2D eigenvalue weighted by Crippen LogP contribution is -2.15. The molecule has 2 aromatic rings. The highest BCUT2D eigenvalue weighted by molar-refractivity contribution is 7.11. The Morgan fingerprint density at radius 3 is 2.64 bits per heavy atom. The second kappa shape index (κ2) is 7.26. The van der Waals surface area contributed by atoms with Crippen molar-refractivity contribution in [1.29, 1.82) is 0 Å². The molecule has 0 bridgehead atoms. The molecule has 0 fully saturated rings. The van der Waals surface area contributed by atoms with Gasteiger partial charge in [0.15, 0.2) is 0 Å². The molecule has 22 heavy (non-hydrogen) atoms. The Hall–Kier alpha value is -2.08. The molecule has 0 saturated heterocycles. The zero-order valence-corrected chi connectivity index (χ0v) is 13.8. The van der Waals surface area contributed by atoms with Gasteiger partial charge in [-0.15, -0.1) is 0 Å². The van der Waals surface area contributed by atoms with Crippen molar-refractivity contribution in [2.45, 2.75) is 27.3 Å². The lowest BCUT2D eigenvalue weighted by Gasteiger charge is -2.05. The highest BCUT2D eigenvalue weighted by atomic mass is 32.1. The van der Waals surface area contributed by atoms with Gasteiger partial charge in [-0.05, 0) is 37.1 Å². The molecule has 6 heteroatoms. The minimum Gasteiger partial charge on any atom is -0.494 e. The van der Waals surface area contributed by atoms with Crippen molar-refractivity contribution in [3.8, 4) is 11.6 Å². The van der Waals surface area contributed by atoms with Gasteiger partial charge in [-0.2, -0.15) is 0 Å². The first kappa shape index (κ1) is 16.3. The molecule has 118 valence electrons. The molecular weight excluding hydrogens is 300 g/mol. The molecule has 0 unspecified atom stereocenters. The predicted octanol–water partition coefficient (Wildman–Crippen LogP) is 3.42. The van der Waals surface area contributed by atoms with E-state index in [-0.39, 0.29) is 16.7 Å². The smallest absolute Gasteiger partial charge is 0.310 e. The Morgan fingerprint density at radius 2 is 2.05 bits per heavy atom. The number of hydrogen-bond donors (Lipinski definition) is 1. The third kappa shape index (κ3) is 3.98. The molecule has 1 aromatic heterocycles. The molecule has 0 spiro atoms. The average molecular weight is 320 g/mol. The first-order valence-corrected chi connectivity index (χ1v) is 8.02. The molecule has 1 heterocycles. The fourth-order valence-corrected chi connectivity index (χ4v) is 2.72. The molecule has 0 amide bonds. The average Bonchev–Trinajstić information content (AvgIpc) is 2.74. The van der Waals surface area contributed by atoms with Gasteiger partial charge in [0.2, 0.25) is 5.88 Å². The van der Waals surface area contributed by atoms with Crippen LogP contribution in [0.1, 0.15) is 25.6 Å². The van der Waals surface area contributed by atoms with E-state index < -0.39 is 0 Å². The minimum atomic E-state index is -0.167. The van der Waals surface area contributed by atoms with Crippen molar-refractivity contribution in [1.82, 2.24) is 4.57 Å². The van der Waals surface area contributed by atoms with Crippen LogP contribution in [0.15, 0.2) is 34.1 Å². The summed E-state index contributed by atoms with van der Waals surface area (Å²) in [4.78, 5) is 16.5. The number of aliphatic imine (C=N–C) groups is 1. The summed E-state index contributed by atoms with van der Waals surface area (Å²) in [6.45, 7) is 7.04. The van der Waals surface area contributed by atoms with Crippen LogP contribution < -0.4 is 9.61 Å². The van der Waals surface area contributed by atoms with Crippen LogP contribution in [-0.4, -0.2) is 22.5 Å². The van der Waals surface area contributed by atoms with Crippen molar-refractivity contribution in [2.24, 2.45) is 10.9 Å². The van der Waals surface area contributed by atoms with Crippen LogP contribution in [0.5, 0.6) is 11.6 Å². The summed E-state index contributed by atoms with van der Waals surface area (Å²) >= 11 is 0.997. The lowest BCUT2D eigenvalue weighted by molar-refractivity contribution is 0.340. The summed E-state index contributed by atoms with van der Waals surface area (Å²) in [7, 11) is 0. The van der Waals surface area contributed by atoms with Crippen LogP contribution >= 0.6 is 11.3 Å². The van der Waals surface area contributed by atoms with Crippen molar-refractivity contribution >= 4 is 23.2 Å². The number of nitrogens with zero attached hydrogens (tertiary/aromatic N) is 2. The van der Waals surface area contributed by atoms with E-state index >= 15 is 0 Å². The van der Waals surface area contributed by atoms with Crippen molar-refractivity contribution in [2.75, 3.05) is 6.61 Å². The van der Waals surface area contributed by atoms with Gasteiger partial charge >= 0.3 is 4.87 Å². The highest BCUT2D eigenvalue weighted by Gasteiger charge is 2.13. The quantitative estimate of drug-likeness (QED) is 0.830. The summed E-state index contributed by atoms with van der Waals surface area (Å²) in [5.74, 6) is 1.06. The van der Waals surface area contributed by atoms with Gasteiger partial charge in [-0.1, -0.05) is 25.2 Å². The third-order valence-corrected chi connectivity index (χ3v) is 3.82. The normalized spacial score (nSPS) is 11.5. The van der Waals surface area contributed by atoms with Gasteiger partial charge in [0.1, 0.15) is 10.6 Å². The van der Waals surface area contributed by atoms with Crippen molar-refractivity contribution in [3.05, 3.63) is 38.8 Å².